The number of aliphatic hydroxyl groups is 1. The van der Waals surface area contributed by atoms with Crippen LogP contribution in [-0.2, 0) is 4.74 Å². The van der Waals surface area contributed by atoms with Crippen molar-refractivity contribution in [1.82, 2.24) is 10.3 Å². The van der Waals surface area contributed by atoms with Crippen molar-refractivity contribution in [3.05, 3.63) is 36.0 Å². The Balaban J connectivity index is 1.53. The van der Waals surface area contributed by atoms with Gasteiger partial charge < -0.3 is 20.1 Å². The summed E-state index contributed by atoms with van der Waals surface area (Å²) in [6.07, 6.45) is 4.65. The van der Waals surface area contributed by atoms with Crippen molar-refractivity contribution in [2.24, 2.45) is 0 Å². The normalized spacial score (nSPS) is 28.4. The summed E-state index contributed by atoms with van der Waals surface area (Å²) in [4.78, 5) is 6.75. The highest BCUT2D eigenvalue weighted by Gasteiger charge is 2.29. The van der Waals surface area contributed by atoms with Gasteiger partial charge in [0.05, 0.1) is 29.4 Å². The fourth-order valence-corrected chi connectivity index (χ4v) is 4.34. The van der Waals surface area contributed by atoms with Crippen LogP contribution in [0.4, 0.5) is 5.69 Å². The zero-order valence-electron chi connectivity index (χ0n) is 15.6. The molecule has 2 unspecified atom stereocenters. The molecule has 6 heteroatoms. The third kappa shape index (κ3) is 3.77. The first-order valence-electron chi connectivity index (χ1n) is 9.75. The van der Waals surface area contributed by atoms with Crippen LogP contribution < -0.4 is 10.2 Å². The number of ether oxygens (including phenoxy) is 1. The molecule has 1 saturated carbocycles. The Morgan fingerprint density at radius 2 is 2.22 bits per heavy atom. The minimum absolute atomic E-state index is 0.0592. The summed E-state index contributed by atoms with van der Waals surface area (Å²) in [6.45, 7) is 4.40. The third-order valence-corrected chi connectivity index (χ3v) is 5.62. The third-order valence-electron chi connectivity index (χ3n) is 5.62. The van der Waals surface area contributed by atoms with E-state index in [9.17, 15) is 10.4 Å². The number of benzene rings is 1. The van der Waals surface area contributed by atoms with Crippen molar-refractivity contribution in [3.63, 3.8) is 0 Å². The second-order valence-electron chi connectivity index (χ2n) is 7.63. The number of nitrogens with zero attached hydrogens (tertiary/aromatic N) is 3. The summed E-state index contributed by atoms with van der Waals surface area (Å²) in [5.41, 5.74) is 2.45. The van der Waals surface area contributed by atoms with E-state index in [1.54, 1.807) is 6.20 Å². The Bertz CT molecular complexity index is 850. The fourth-order valence-electron chi connectivity index (χ4n) is 4.34. The van der Waals surface area contributed by atoms with Gasteiger partial charge in [-0.25, -0.2) is 0 Å². The van der Waals surface area contributed by atoms with E-state index in [2.05, 4.69) is 28.2 Å². The molecule has 2 aromatic rings. The van der Waals surface area contributed by atoms with Crippen molar-refractivity contribution in [3.8, 4) is 6.07 Å². The summed E-state index contributed by atoms with van der Waals surface area (Å²) in [7, 11) is 0. The number of fused-ring (bicyclic) bond motifs is 1. The predicted octanol–water partition coefficient (Wildman–Crippen LogP) is 2.20. The lowest BCUT2D eigenvalue weighted by atomic mass is 10.1. The van der Waals surface area contributed by atoms with Gasteiger partial charge in [-0.2, -0.15) is 5.26 Å². The smallest absolute Gasteiger partial charge is 0.101 e. The summed E-state index contributed by atoms with van der Waals surface area (Å²) in [5, 5.41) is 23.9. The minimum Gasteiger partial charge on any atom is -0.392 e. The number of aliphatic hydroxyl groups excluding tert-OH is 1. The van der Waals surface area contributed by atoms with Crippen molar-refractivity contribution >= 4 is 16.6 Å². The van der Waals surface area contributed by atoms with Crippen LogP contribution in [0.15, 0.2) is 30.5 Å². The van der Waals surface area contributed by atoms with Gasteiger partial charge in [0.1, 0.15) is 6.07 Å². The average Bonchev–Trinajstić information content (AvgIpc) is 3.10. The number of aromatic nitrogens is 1. The average molecular weight is 366 g/mol. The number of anilines is 1. The maximum absolute atomic E-state index is 10.0. The molecule has 0 radical (unpaired) electrons. The van der Waals surface area contributed by atoms with E-state index in [-0.39, 0.29) is 24.4 Å². The van der Waals surface area contributed by atoms with Gasteiger partial charge in [-0.05, 0) is 50.5 Å². The Kier molecular flexibility index (Phi) is 5.26. The zero-order valence-corrected chi connectivity index (χ0v) is 15.6. The predicted molar refractivity (Wildman–Crippen MR) is 105 cm³/mol. The molecule has 142 valence electrons. The standard InChI is InChI=1S/C21H26N4O2/c1-14-12-25(13-16(27-14)11-24-18-5-2-6-20(18)26)19-8-7-15(10-22)21-17(19)4-3-9-23-21/h3-4,7-9,14,16,18,20,24,26H,2,5-6,11-13H2,1H3/t14-,16-,18?,20?/m1/s1. The first-order chi connectivity index (χ1) is 13.2. The van der Waals surface area contributed by atoms with Gasteiger partial charge in [0, 0.05) is 42.9 Å². The molecule has 27 heavy (non-hydrogen) atoms. The molecule has 0 amide bonds. The molecule has 2 fully saturated rings. The molecular formula is C21H26N4O2. The van der Waals surface area contributed by atoms with Crippen LogP contribution >= 0.6 is 0 Å². The van der Waals surface area contributed by atoms with Crippen molar-refractivity contribution in [1.29, 1.82) is 5.26 Å². The highest BCUT2D eigenvalue weighted by Crippen LogP contribution is 2.30. The molecule has 0 bridgehead atoms. The van der Waals surface area contributed by atoms with E-state index >= 15 is 0 Å². The van der Waals surface area contributed by atoms with Crippen LogP contribution in [0.3, 0.4) is 0 Å². The summed E-state index contributed by atoms with van der Waals surface area (Å²) in [6, 6.07) is 10.2. The quantitative estimate of drug-likeness (QED) is 0.863. The highest BCUT2D eigenvalue weighted by molar-refractivity contribution is 5.95. The largest absolute Gasteiger partial charge is 0.392 e. The number of rotatable bonds is 4. The first kappa shape index (κ1) is 18.2. The molecule has 1 aromatic carbocycles. The molecule has 2 N–H and O–H groups in total. The summed E-state index contributed by atoms with van der Waals surface area (Å²) >= 11 is 0. The van der Waals surface area contributed by atoms with E-state index in [4.69, 9.17) is 4.74 Å². The topological polar surface area (TPSA) is 81.4 Å². The van der Waals surface area contributed by atoms with Gasteiger partial charge in [0.2, 0.25) is 0 Å². The van der Waals surface area contributed by atoms with Crippen LogP contribution in [0.1, 0.15) is 31.7 Å². The Morgan fingerprint density at radius 3 is 3.00 bits per heavy atom. The van der Waals surface area contributed by atoms with E-state index in [0.29, 0.717) is 5.56 Å². The van der Waals surface area contributed by atoms with Crippen LogP contribution in [-0.4, -0.2) is 54.1 Å². The molecule has 2 heterocycles. The fraction of sp³-hybridized carbons (Fsp3) is 0.524. The molecule has 4 rings (SSSR count). The minimum atomic E-state index is -0.240. The number of hydrogen-bond acceptors (Lipinski definition) is 6. The zero-order chi connectivity index (χ0) is 18.8. The lowest BCUT2D eigenvalue weighted by molar-refractivity contribution is -0.0174. The van der Waals surface area contributed by atoms with Gasteiger partial charge in [0.25, 0.3) is 0 Å². The van der Waals surface area contributed by atoms with Crippen LogP contribution in [0.25, 0.3) is 10.9 Å². The van der Waals surface area contributed by atoms with Crippen molar-refractivity contribution in [2.75, 3.05) is 24.5 Å². The summed E-state index contributed by atoms with van der Waals surface area (Å²) < 4.78 is 6.14. The first-order valence-corrected chi connectivity index (χ1v) is 9.75. The van der Waals surface area contributed by atoms with Gasteiger partial charge in [-0.3, -0.25) is 4.98 Å². The molecule has 1 saturated heterocycles. The molecule has 6 nitrogen and oxygen atoms in total. The van der Waals surface area contributed by atoms with Gasteiger partial charge in [-0.1, -0.05) is 0 Å². The Labute approximate surface area is 159 Å². The number of morpholine rings is 1. The SMILES string of the molecule is C[C@@H]1CN(c2ccc(C#N)c3ncccc23)C[C@@H](CNC2CCCC2O)O1. The second-order valence-corrected chi connectivity index (χ2v) is 7.63. The molecule has 1 aromatic heterocycles. The van der Waals surface area contributed by atoms with E-state index in [0.717, 1.165) is 55.5 Å². The van der Waals surface area contributed by atoms with Crippen molar-refractivity contribution in [2.45, 2.75) is 50.5 Å². The molecule has 4 atom stereocenters. The number of pyridine rings is 1. The summed E-state index contributed by atoms with van der Waals surface area (Å²) in [5.74, 6) is 0. The number of nitrogens with one attached hydrogen (secondary N) is 1. The maximum atomic E-state index is 10.0. The van der Waals surface area contributed by atoms with Crippen LogP contribution in [0.2, 0.25) is 0 Å². The monoisotopic (exact) mass is 366 g/mol. The molecular weight excluding hydrogens is 340 g/mol. The lowest BCUT2D eigenvalue weighted by Crippen LogP contribution is -2.52. The van der Waals surface area contributed by atoms with Crippen molar-refractivity contribution < 1.29 is 9.84 Å². The van der Waals surface area contributed by atoms with E-state index < -0.39 is 0 Å². The lowest BCUT2D eigenvalue weighted by Gasteiger charge is -2.39. The second kappa shape index (κ2) is 7.81. The maximum Gasteiger partial charge on any atom is 0.101 e. The van der Waals surface area contributed by atoms with E-state index in [1.165, 1.54) is 0 Å². The molecule has 1 aliphatic carbocycles. The Morgan fingerprint density at radius 1 is 1.33 bits per heavy atom. The van der Waals surface area contributed by atoms with Crippen LogP contribution in [0, 0.1) is 11.3 Å². The Hall–Kier alpha value is -2.20. The molecule has 1 aliphatic heterocycles. The highest BCUT2D eigenvalue weighted by atomic mass is 16.5. The van der Waals surface area contributed by atoms with Gasteiger partial charge in [0.15, 0.2) is 0 Å². The van der Waals surface area contributed by atoms with Gasteiger partial charge in [-0.15, -0.1) is 0 Å². The molecule has 0 spiro atoms. The van der Waals surface area contributed by atoms with Crippen LogP contribution in [0.5, 0.6) is 0 Å². The number of hydrogen-bond donors (Lipinski definition) is 2. The van der Waals surface area contributed by atoms with E-state index in [1.807, 2.05) is 24.3 Å². The van der Waals surface area contributed by atoms with Gasteiger partial charge >= 0.3 is 0 Å². The molecule has 2 aliphatic rings. The number of nitriles is 1.